The van der Waals surface area contributed by atoms with Crippen molar-refractivity contribution in [1.29, 1.82) is 0 Å². The number of ether oxygens (including phenoxy) is 1. The second-order valence-electron chi connectivity index (χ2n) is 6.95. The Balaban J connectivity index is 2.04. The van der Waals surface area contributed by atoms with Gasteiger partial charge in [-0.15, -0.1) is 0 Å². The number of anilines is 1. The Morgan fingerprint density at radius 3 is 2.72 bits per heavy atom. The molecule has 138 valence electrons. The smallest absolute Gasteiger partial charge is 0.410 e. The minimum absolute atomic E-state index is 0.000215. The largest absolute Gasteiger partial charge is 0.444 e. The van der Waals surface area contributed by atoms with Crippen molar-refractivity contribution < 1.29 is 24.0 Å². The number of halogens is 1. The van der Waals surface area contributed by atoms with Crippen LogP contribution in [0.3, 0.4) is 0 Å². The van der Waals surface area contributed by atoms with Crippen molar-refractivity contribution >= 4 is 17.5 Å². The van der Waals surface area contributed by atoms with Gasteiger partial charge in [-0.3, -0.25) is 10.1 Å². The van der Waals surface area contributed by atoms with Crippen molar-refractivity contribution in [2.75, 3.05) is 18.4 Å². The van der Waals surface area contributed by atoms with Crippen molar-refractivity contribution in [2.24, 2.45) is 0 Å². The molecule has 1 fully saturated rings. The maximum absolute atomic E-state index is 13.4. The third-order valence-electron chi connectivity index (χ3n) is 3.73. The maximum Gasteiger partial charge on any atom is 0.410 e. The van der Waals surface area contributed by atoms with Crippen LogP contribution in [0.25, 0.3) is 0 Å². The van der Waals surface area contributed by atoms with Gasteiger partial charge < -0.3 is 20.1 Å². The Labute approximate surface area is 144 Å². The normalized spacial score (nSPS) is 20.9. The third-order valence-corrected chi connectivity index (χ3v) is 3.73. The molecule has 0 aliphatic carbocycles. The van der Waals surface area contributed by atoms with Gasteiger partial charge in [-0.25, -0.2) is 9.18 Å². The number of carbonyl (C=O) groups is 1. The Morgan fingerprint density at radius 1 is 1.48 bits per heavy atom. The molecule has 8 nitrogen and oxygen atoms in total. The summed E-state index contributed by atoms with van der Waals surface area (Å²) in [6.07, 6.45) is -1.15. The van der Waals surface area contributed by atoms with Crippen LogP contribution in [0, 0.1) is 15.9 Å². The van der Waals surface area contributed by atoms with Gasteiger partial charge in [0.25, 0.3) is 5.69 Å². The van der Waals surface area contributed by atoms with Crippen LogP contribution in [0.4, 0.5) is 20.6 Å². The summed E-state index contributed by atoms with van der Waals surface area (Å²) in [5, 5.41) is 24.1. The number of nitro benzene ring substituents is 1. The van der Waals surface area contributed by atoms with Gasteiger partial charge in [-0.2, -0.15) is 0 Å². The SMILES string of the molecule is CC(C)(C)OC(=O)N1CC[C@H](Nc2cc(F)ccc2[N+](=O)[O-])[C@@H](O)C1. The Bertz CT molecular complexity index is 662. The molecule has 0 bridgehead atoms. The van der Waals surface area contributed by atoms with E-state index in [2.05, 4.69) is 5.32 Å². The summed E-state index contributed by atoms with van der Waals surface area (Å²) >= 11 is 0. The summed E-state index contributed by atoms with van der Waals surface area (Å²) in [4.78, 5) is 23.8. The van der Waals surface area contributed by atoms with Crippen molar-refractivity contribution in [3.05, 3.63) is 34.1 Å². The van der Waals surface area contributed by atoms with Crippen LogP contribution in [-0.2, 0) is 4.74 Å². The molecule has 1 aliphatic heterocycles. The molecule has 25 heavy (non-hydrogen) atoms. The second-order valence-corrected chi connectivity index (χ2v) is 6.95. The van der Waals surface area contributed by atoms with Crippen LogP contribution in [-0.4, -0.2) is 51.9 Å². The number of piperidine rings is 1. The number of rotatable bonds is 3. The number of nitrogens with one attached hydrogen (secondary N) is 1. The van der Waals surface area contributed by atoms with Gasteiger partial charge in [0.15, 0.2) is 0 Å². The van der Waals surface area contributed by atoms with Crippen LogP contribution in [0.15, 0.2) is 18.2 Å². The molecule has 0 unspecified atom stereocenters. The summed E-state index contributed by atoms with van der Waals surface area (Å²) in [7, 11) is 0. The zero-order valence-electron chi connectivity index (χ0n) is 14.4. The lowest BCUT2D eigenvalue weighted by Crippen LogP contribution is -2.52. The van der Waals surface area contributed by atoms with Crippen LogP contribution in [0.2, 0.25) is 0 Å². The summed E-state index contributed by atoms with van der Waals surface area (Å²) in [6, 6.07) is 2.55. The number of carbonyl (C=O) groups excluding carboxylic acids is 1. The molecule has 1 saturated heterocycles. The number of nitrogens with zero attached hydrogens (tertiary/aromatic N) is 2. The van der Waals surface area contributed by atoms with E-state index in [0.717, 1.165) is 18.2 Å². The van der Waals surface area contributed by atoms with E-state index in [1.54, 1.807) is 20.8 Å². The monoisotopic (exact) mass is 355 g/mol. The molecule has 1 aromatic rings. The zero-order valence-corrected chi connectivity index (χ0v) is 14.4. The number of nitro groups is 1. The number of benzene rings is 1. The highest BCUT2D eigenvalue weighted by atomic mass is 19.1. The first-order valence-electron chi connectivity index (χ1n) is 7.93. The summed E-state index contributed by atoms with van der Waals surface area (Å²) < 4.78 is 18.7. The van der Waals surface area contributed by atoms with Crippen LogP contribution in [0.1, 0.15) is 27.2 Å². The lowest BCUT2D eigenvalue weighted by molar-refractivity contribution is -0.384. The number of likely N-dealkylation sites (tertiary alicyclic amines) is 1. The van der Waals surface area contributed by atoms with Crippen molar-refractivity contribution in [1.82, 2.24) is 4.90 Å². The first kappa shape index (κ1) is 18.9. The van der Waals surface area contributed by atoms with E-state index in [-0.39, 0.29) is 17.9 Å². The van der Waals surface area contributed by atoms with Crippen LogP contribution < -0.4 is 5.32 Å². The van der Waals surface area contributed by atoms with Gasteiger partial charge in [-0.1, -0.05) is 0 Å². The molecule has 2 rings (SSSR count). The quantitative estimate of drug-likeness (QED) is 0.638. The highest BCUT2D eigenvalue weighted by Crippen LogP contribution is 2.28. The molecule has 2 atom stereocenters. The molecule has 1 aromatic carbocycles. The topological polar surface area (TPSA) is 105 Å². The van der Waals surface area contributed by atoms with E-state index in [0.29, 0.717) is 13.0 Å². The summed E-state index contributed by atoms with van der Waals surface area (Å²) in [5.41, 5.74) is -0.915. The molecular formula is C16H22FN3O5. The molecule has 0 aromatic heterocycles. The van der Waals surface area contributed by atoms with Gasteiger partial charge in [-0.05, 0) is 33.3 Å². The maximum atomic E-state index is 13.4. The molecule has 2 N–H and O–H groups in total. The molecule has 0 radical (unpaired) electrons. The number of hydrogen-bond donors (Lipinski definition) is 2. The minimum Gasteiger partial charge on any atom is -0.444 e. The molecule has 1 heterocycles. The second kappa shape index (κ2) is 7.22. The molecule has 1 aliphatic rings. The van der Waals surface area contributed by atoms with Gasteiger partial charge >= 0.3 is 6.09 Å². The number of hydrogen-bond acceptors (Lipinski definition) is 6. The van der Waals surface area contributed by atoms with Gasteiger partial charge in [0.1, 0.15) is 17.1 Å². The fourth-order valence-electron chi connectivity index (χ4n) is 2.58. The fraction of sp³-hybridized carbons (Fsp3) is 0.562. The number of amides is 1. The average Bonchev–Trinajstić information content (AvgIpc) is 2.47. The average molecular weight is 355 g/mol. The first-order valence-corrected chi connectivity index (χ1v) is 7.93. The standard InChI is InChI=1S/C16H22FN3O5/c1-16(2,3)25-15(22)19-7-6-11(14(21)9-19)18-12-8-10(17)4-5-13(12)20(23)24/h4-5,8,11,14,18,21H,6-7,9H2,1-3H3/t11-,14-/m0/s1. The van der Waals surface area contributed by atoms with E-state index in [1.807, 2.05) is 0 Å². The molecule has 0 saturated carbocycles. The van der Waals surface area contributed by atoms with Crippen LogP contribution in [0.5, 0.6) is 0 Å². The highest BCUT2D eigenvalue weighted by Gasteiger charge is 2.33. The van der Waals surface area contributed by atoms with Gasteiger partial charge in [0.05, 0.1) is 23.6 Å². The van der Waals surface area contributed by atoms with E-state index in [9.17, 15) is 24.4 Å². The minimum atomic E-state index is -0.968. The summed E-state index contributed by atoms with van der Waals surface area (Å²) in [6.45, 7) is 5.58. The zero-order chi connectivity index (χ0) is 18.8. The van der Waals surface area contributed by atoms with Crippen molar-refractivity contribution in [3.8, 4) is 0 Å². The van der Waals surface area contributed by atoms with Gasteiger partial charge in [0.2, 0.25) is 0 Å². The Kier molecular flexibility index (Phi) is 5.46. The van der Waals surface area contributed by atoms with E-state index >= 15 is 0 Å². The summed E-state index contributed by atoms with van der Waals surface area (Å²) in [5.74, 6) is -0.617. The lowest BCUT2D eigenvalue weighted by Gasteiger charge is -2.37. The van der Waals surface area contributed by atoms with Gasteiger partial charge in [0, 0.05) is 18.7 Å². The number of β-amino-alcohol motifs (C(OH)–C–C–N with tert-alkyl or cyclic N) is 1. The molecule has 1 amide bonds. The Morgan fingerprint density at radius 2 is 2.16 bits per heavy atom. The third kappa shape index (κ3) is 5.02. The van der Waals surface area contributed by atoms with E-state index in [1.165, 1.54) is 4.90 Å². The predicted octanol–water partition coefficient (Wildman–Crippen LogP) is 2.52. The molecular weight excluding hydrogens is 333 g/mol. The fourth-order valence-corrected chi connectivity index (χ4v) is 2.58. The number of aliphatic hydroxyl groups excluding tert-OH is 1. The molecule has 0 spiro atoms. The predicted molar refractivity (Wildman–Crippen MR) is 88.9 cm³/mol. The van der Waals surface area contributed by atoms with Crippen LogP contribution >= 0.6 is 0 Å². The molecule has 9 heteroatoms. The first-order chi connectivity index (χ1) is 11.6. The Hall–Kier alpha value is -2.42. The van der Waals surface area contributed by atoms with Crippen molar-refractivity contribution in [2.45, 2.75) is 44.9 Å². The van der Waals surface area contributed by atoms with E-state index in [4.69, 9.17) is 4.74 Å². The lowest BCUT2D eigenvalue weighted by atomic mass is 10.0. The van der Waals surface area contributed by atoms with Crippen molar-refractivity contribution in [3.63, 3.8) is 0 Å². The van der Waals surface area contributed by atoms with E-state index < -0.39 is 34.6 Å². The highest BCUT2D eigenvalue weighted by molar-refractivity contribution is 5.68. The number of aliphatic hydroxyl groups is 1.